The van der Waals surface area contributed by atoms with Gasteiger partial charge in [0, 0.05) is 35.4 Å². The van der Waals surface area contributed by atoms with Crippen LogP contribution in [-0.4, -0.2) is 11.9 Å². The second kappa shape index (κ2) is 12.7. The minimum atomic E-state index is -0.361. The molecule has 6 rings (SSSR count). The summed E-state index contributed by atoms with van der Waals surface area (Å²) in [6.07, 6.45) is 11.4. The number of ether oxygens (including phenoxy) is 2. The first-order valence-electron chi connectivity index (χ1n) is 18.4. The maximum absolute atomic E-state index is 12.5. The van der Waals surface area contributed by atoms with E-state index in [0.29, 0.717) is 45.8 Å². The summed E-state index contributed by atoms with van der Waals surface area (Å²) in [5.41, 5.74) is 6.50. The Hall–Kier alpha value is -2.99. The molecule has 1 N–H and O–H groups in total. The number of anilines is 1. The first-order valence-corrected chi connectivity index (χ1v) is 19.2. The van der Waals surface area contributed by atoms with Crippen LogP contribution >= 0.6 is 11.8 Å². The maximum Gasteiger partial charge on any atom is 0.308 e. The fourth-order valence-electron chi connectivity index (χ4n) is 10.4. The predicted octanol–water partition coefficient (Wildman–Crippen LogP) is 11.5. The van der Waals surface area contributed by atoms with Gasteiger partial charge in [0.1, 0.15) is 0 Å². The predicted molar refractivity (Wildman–Crippen MR) is 201 cm³/mol. The molecule has 4 aliphatic rings. The molecular formula is C43H57NO4S. The van der Waals surface area contributed by atoms with Crippen LogP contribution in [0.2, 0.25) is 0 Å². The monoisotopic (exact) mass is 683 g/mol. The third-order valence-electron chi connectivity index (χ3n) is 13.6. The number of benzene rings is 2. The van der Waals surface area contributed by atoms with Gasteiger partial charge in [0.25, 0.3) is 0 Å². The summed E-state index contributed by atoms with van der Waals surface area (Å²) in [5.74, 6) is 3.16. The summed E-state index contributed by atoms with van der Waals surface area (Å²) in [5, 5.41) is 2.93. The number of carbonyl (C=O) groups excluding carboxylic acids is 2. The van der Waals surface area contributed by atoms with E-state index in [4.69, 9.17) is 9.47 Å². The minimum Gasteiger partial charge on any atom is -0.458 e. The number of allylic oxidation sites excluding steroid dienone is 2. The van der Waals surface area contributed by atoms with E-state index in [1.54, 1.807) is 5.57 Å². The van der Waals surface area contributed by atoms with Crippen molar-refractivity contribution in [3.8, 4) is 11.5 Å². The number of hydrogen-bond acceptors (Lipinski definition) is 5. The van der Waals surface area contributed by atoms with Gasteiger partial charge in [-0.15, -0.1) is 11.8 Å². The van der Waals surface area contributed by atoms with Crippen molar-refractivity contribution >= 4 is 29.3 Å². The smallest absolute Gasteiger partial charge is 0.308 e. The third kappa shape index (κ3) is 6.19. The molecule has 7 atom stereocenters. The van der Waals surface area contributed by atoms with Crippen LogP contribution in [0.4, 0.5) is 5.69 Å². The quantitative estimate of drug-likeness (QED) is 0.136. The van der Waals surface area contributed by atoms with Crippen molar-refractivity contribution in [2.75, 3.05) is 5.32 Å². The van der Waals surface area contributed by atoms with Gasteiger partial charge in [-0.3, -0.25) is 9.59 Å². The molecular weight excluding hydrogens is 627 g/mol. The number of nitrogens with one attached hydrogen (secondary N) is 1. The standard InChI is InChI=1S/C43H57NO4S/c1-25(2)41(9)19-18-40(8)20-21-43(11)32(34(40)24-41)16-17-42(10)33-22-35(48-29(7)46)39(47-26(3)4)27(5)38(33)36(23-37(42)43)49-31-14-12-30(13-15-31)44-28(6)45/h12-15,22-23,25,32,34,36H,3,16-21,24H2,1-2,4-11H3,(H,44,45)/t32?,34?,36?,40?,41-,42?,43?/m1/s1. The molecule has 264 valence electrons. The van der Waals surface area contributed by atoms with Crippen LogP contribution in [0.5, 0.6) is 11.5 Å². The average molecular weight is 684 g/mol. The Kier molecular flexibility index (Phi) is 9.25. The SMILES string of the molecule is C=C(C)Oc1c(OC(C)=O)cc2c(c1C)C(Sc1ccc(NC(C)=O)cc1)C=C1C2(C)CCC2C3C[C@](C)(C(C)C)CCC3(C)CCC12C. The number of esters is 1. The van der Waals surface area contributed by atoms with E-state index < -0.39 is 0 Å². The summed E-state index contributed by atoms with van der Waals surface area (Å²) < 4.78 is 12.1. The van der Waals surface area contributed by atoms with Gasteiger partial charge in [-0.2, -0.15) is 0 Å². The van der Waals surface area contributed by atoms with Crippen LogP contribution in [-0.2, 0) is 15.0 Å². The molecule has 49 heavy (non-hydrogen) atoms. The van der Waals surface area contributed by atoms with Gasteiger partial charge in [-0.05, 0) is 134 Å². The number of amides is 1. The first-order chi connectivity index (χ1) is 22.9. The molecule has 0 bridgehead atoms. The highest BCUT2D eigenvalue weighted by atomic mass is 32.2. The van der Waals surface area contributed by atoms with Crippen molar-refractivity contribution in [2.45, 2.75) is 130 Å². The second-order valence-electron chi connectivity index (χ2n) is 17.2. The molecule has 2 aromatic carbocycles. The van der Waals surface area contributed by atoms with Gasteiger partial charge in [0.2, 0.25) is 5.91 Å². The molecule has 2 aromatic rings. The van der Waals surface area contributed by atoms with Crippen LogP contribution in [0.3, 0.4) is 0 Å². The van der Waals surface area contributed by atoms with Gasteiger partial charge in [0.05, 0.1) is 11.0 Å². The summed E-state index contributed by atoms with van der Waals surface area (Å²) in [4.78, 5) is 25.3. The second-order valence-corrected chi connectivity index (χ2v) is 18.4. The lowest BCUT2D eigenvalue weighted by Crippen LogP contribution is -2.57. The molecule has 3 saturated carbocycles. The van der Waals surface area contributed by atoms with Gasteiger partial charge < -0.3 is 14.8 Å². The third-order valence-corrected chi connectivity index (χ3v) is 14.8. The summed E-state index contributed by atoms with van der Waals surface area (Å²) in [6.45, 7) is 26.0. The highest BCUT2D eigenvalue weighted by Crippen LogP contribution is 2.71. The van der Waals surface area contributed by atoms with Gasteiger partial charge in [-0.25, -0.2) is 0 Å². The Bertz CT molecular complexity index is 1710. The zero-order chi connectivity index (χ0) is 35.7. The van der Waals surface area contributed by atoms with Crippen molar-refractivity contribution in [3.05, 3.63) is 71.0 Å². The van der Waals surface area contributed by atoms with E-state index >= 15 is 0 Å². The lowest BCUT2D eigenvalue weighted by molar-refractivity contribution is -0.132. The molecule has 0 heterocycles. The molecule has 6 unspecified atom stereocenters. The number of thioether (sulfide) groups is 1. The van der Waals surface area contributed by atoms with Crippen LogP contribution in [0.15, 0.2) is 59.2 Å². The molecule has 0 aromatic heterocycles. The van der Waals surface area contributed by atoms with Crippen molar-refractivity contribution < 1.29 is 19.1 Å². The first kappa shape index (κ1) is 35.8. The number of rotatable bonds is 7. The Morgan fingerprint density at radius 1 is 0.939 bits per heavy atom. The van der Waals surface area contributed by atoms with Crippen LogP contribution < -0.4 is 14.8 Å². The van der Waals surface area contributed by atoms with E-state index in [1.165, 1.54) is 63.5 Å². The molecule has 3 fully saturated rings. The molecule has 5 nitrogen and oxygen atoms in total. The number of fused-ring (bicyclic) bond motifs is 7. The van der Waals surface area contributed by atoms with Crippen LogP contribution in [0.25, 0.3) is 0 Å². The van der Waals surface area contributed by atoms with Crippen molar-refractivity contribution in [3.63, 3.8) is 0 Å². The van der Waals surface area contributed by atoms with Crippen LogP contribution in [0, 0.1) is 40.9 Å². The average Bonchev–Trinajstić information content (AvgIpc) is 3.01. The highest BCUT2D eigenvalue weighted by Gasteiger charge is 2.61. The molecule has 0 saturated heterocycles. The Labute approximate surface area is 299 Å². The lowest BCUT2D eigenvalue weighted by atomic mass is 9.39. The summed E-state index contributed by atoms with van der Waals surface area (Å²) in [6, 6.07) is 10.3. The summed E-state index contributed by atoms with van der Waals surface area (Å²) >= 11 is 1.84. The fourth-order valence-corrected chi connectivity index (χ4v) is 11.6. The van der Waals surface area contributed by atoms with Crippen molar-refractivity contribution in [1.82, 2.24) is 0 Å². The fraction of sp³-hybridized carbons (Fsp3) is 0.581. The molecule has 4 aliphatic carbocycles. The van der Waals surface area contributed by atoms with Gasteiger partial charge in [0.15, 0.2) is 11.5 Å². The van der Waals surface area contributed by atoms with Gasteiger partial charge in [-0.1, -0.05) is 59.8 Å². The number of hydrogen-bond donors (Lipinski definition) is 1. The minimum absolute atomic E-state index is 0.0275. The Balaban J connectivity index is 1.51. The van der Waals surface area contributed by atoms with Gasteiger partial charge >= 0.3 is 5.97 Å². The number of carbonyl (C=O) groups is 2. The van der Waals surface area contributed by atoms with Crippen molar-refractivity contribution in [2.24, 2.45) is 34.0 Å². The zero-order valence-corrected chi connectivity index (χ0v) is 32.3. The molecule has 0 radical (unpaired) electrons. The van der Waals surface area contributed by atoms with E-state index in [9.17, 15) is 9.59 Å². The lowest BCUT2D eigenvalue weighted by Gasteiger charge is -2.65. The molecule has 0 spiro atoms. The summed E-state index contributed by atoms with van der Waals surface area (Å²) in [7, 11) is 0. The van der Waals surface area contributed by atoms with E-state index in [0.717, 1.165) is 22.6 Å². The van der Waals surface area contributed by atoms with E-state index in [-0.39, 0.29) is 28.0 Å². The van der Waals surface area contributed by atoms with E-state index in [1.807, 2.05) is 30.8 Å². The topological polar surface area (TPSA) is 64.6 Å². The highest BCUT2D eigenvalue weighted by molar-refractivity contribution is 7.99. The Morgan fingerprint density at radius 2 is 1.61 bits per heavy atom. The molecule has 6 heteroatoms. The largest absolute Gasteiger partial charge is 0.458 e. The molecule has 0 aliphatic heterocycles. The van der Waals surface area contributed by atoms with E-state index in [2.05, 4.69) is 84.6 Å². The normalized spacial score (nSPS) is 33.3. The zero-order valence-electron chi connectivity index (χ0n) is 31.5. The Morgan fingerprint density at radius 3 is 2.22 bits per heavy atom. The maximum atomic E-state index is 12.5. The molecule has 1 amide bonds. The van der Waals surface area contributed by atoms with Crippen LogP contribution in [0.1, 0.15) is 129 Å². The van der Waals surface area contributed by atoms with Crippen molar-refractivity contribution in [1.29, 1.82) is 0 Å².